The van der Waals surface area contributed by atoms with Crippen LogP contribution in [0.5, 0.6) is 5.75 Å². The topological polar surface area (TPSA) is 26.3 Å². The van der Waals surface area contributed by atoms with Crippen LogP contribution < -0.4 is 4.74 Å². The zero-order valence-electron chi connectivity index (χ0n) is 10.2. The van der Waals surface area contributed by atoms with Gasteiger partial charge in [-0.25, -0.2) is 13.2 Å². The lowest BCUT2D eigenvalue weighted by atomic mass is 10.0. The summed E-state index contributed by atoms with van der Waals surface area (Å²) in [4.78, 5) is 12.1. The molecule has 0 bridgehead atoms. The van der Waals surface area contributed by atoms with Crippen molar-refractivity contribution in [2.45, 2.75) is 6.61 Å². The van der Waals surface area contributed by atoms with Crippen LogP contribution in [0.4, 0.5) is 22.0 Å². The maximum absolute atomic E-state index is 13.6. The standard InChI is InChI=1S/C14H7F5O2/c15-9-6-5-8(11(16)12(9)17)13(20)7-3-1-2-4-10(7)21-14(18)19/h1-6,14H. The monoisotopic (exact) mass is 302 g/mol. The molecule has 0 radical (unpaired) electrons. The molecule has 21 heavy (non-hydrogen) atoms. The molecule has 2 nitrogen and oxygen atoms in total. The highest BCUT2D eigenvalue weighted by molar-refractivity contribution is 6.10. The van der Waals surface area contributed by atoms with Gasteiger partial charge in [-0.3, -0.25) is 4.79 Å². The van der Waals surface area contributed by atoms with Crippen molar-refractivity contribution in [1.82, 2.24) is 0 Å². The molecule has 0 saturated carbocycles. The molecule has 0 spiro atoms. The summed E-state index contributed by atoms with van der Waals surface area (Å²) in [5, 5.41) is 0. The molecule has 0 aromatic heterocycles. The smallest absolute Gasteiger partial charge is 0.387 e. The van der Waals surface area contributed by atoms with Gasteiger partial charge in [-0.2, -0.15) is 8.78 Å². The van der Waals surface area contributed by atoms with Crippen molar-refractivity contribution in [3.8, 4) is 5.75 Å². The Balaban J connectivity index is 2.48. The Labute approximate surface area is 115 Å². The Morgan fingerprint density at radius 2 is 1.57 bits per heavy atom. The second-order valence-electron chi connectivity index (χ2n) is 3.93. The van der Waals surface area contributed by atoms with Gasteiger partial charge in [0.1, 0.15) is 5.75 Å². The van der Waals surface area contributed by atoms with E-state index in [1.54, 1.807) is 0 Å². The first-order valence-corrected chi connectivity index (χ1v) is 5.64. The molecule has 0 saturated heterocycles. The molecule has 110 valence electrons. The van der Waals surface area contributed by atoms with E-state index >= 15 is 0 Å². The third kappa shape index (κ3) is 3.01. The molecular formula is C14H7F5O2. The zero-order chi connectivity index (χ0) is 15.6. The van der Waals surface area contributed by atoms with E-state index in [0.29, 0.717) is 6.07 Å². The van der Waals surface area contributed by atoms with Gasteiger partial charge in [0.15, 0.2) is 23.2 Å². The summed E-state index contributed by atoms with van der Waals surface area (Å²) in [6, 6.07) is 6.16. The molecule has 2 aromatic carbocycles. The van der Waals surface area contributed by atoms with E-state index in [2.05, 4.69) is 4.74 Å². The average molecular weight is 302 g/mol. The predicted molar refractivity (Wildman–Crippen MR) is 62.8 cm³/mol. The maximum atomic E-state index is 13.6. The molecule has 0 fully saturated rings. The van der Waals surface area contributed by atoms with Crippen molar-refractivity contribution in [1.29, 1.82) is 0 Å². The molecule has 2 rings (SSSR count). The fourth-order valence-corrected chi connectivity index (χ4v) is 1.70. The number of carbonyl (C=O) groups is 1. The summed E-state index contributed by atoms with van der Waals surface area (Å²) in [6.07, 6.45) is 0. The van der Waals surface area contributed by atoms with Crippen LogP contribution in [0.25, 0.3) is 0 Å². The first-order valence-electron chi connectivity index (χ1n) is 5.64. The van der Waals surface area contributed by atoms with Gasteiger partial charge in [0.25, 0.3) is 0 Å². The molecule has 0 aliphatic heterocycles. The summed E-state index contributed by atoms with van der Waals surface area (Å²) in [7, 11) is 0. The van der Waals surface area contributed by atoms with Crippen LogP contribution in [-0.2, 0) is 0 Å². The van der Waals surface area contributed by atoms with Crippen molar-refractivity contribution in [3.63, 3.8) is 0 Å². The summed E-state index contributed by atoms with van der Waals surface area (Å²) >= 11 is 0. The van der Waals surface area contributed by atoms with E-state index in [1.165, 1.54) is 12.1 Å². The maximum Gasteiger partial charge on any atom is 0.387 e. The van der Waals surface area contributed by atoms with Crippen LogP contribution in [0.3, 0.4) is 0 Å². The lowest BCUT2D eigenvalue weighted by Gasteiger charge is -2.10. The molecule has 0 heterocycles. The van der Waals surface area contributed by atoms with Gasteiger partial charge in [0.2, 0.25) is 0 Å². The Morgan fingerprint density at radius 1 is 0.905 bits per heavy atom. The van der Waals surface area contributed by atoms with E-state index in [4.69, 9.17) is 0 Å². The highest BCUT2D eigenvalue weighted by Gasteiger charge is 2.23. The fourth-order valence-electron chi connectivity index (χ4n) is 1.70. The van der Waals surface area contributed by atoms with E-state index < -0.39 is 41.2 Å². The summed E-state index contributed by atoms with van der Waals surface area (Å²) in [5.74, 6) is -6.54. The van der Waals surface area contributed by atoms with E-state index in [0.717, 1.165) is 18.2 Å². The van der Waals surface area contributed by atoms with Gasteiger partial charge in [-0.1, -0.05) is 12.1 Å². The van der Waals surface area contributed by atoms with E-state index in [1.807, 2.05) is 0 Å². The van der Waals surface area contributed by atoms with Crippen LogP contribution in [0.2, 0.25) is 0 Å². The lowest BCUT2D eigenvalue weighted by Crippen LogP contribution is -2.11. The van der Waals surface area contributed by atoms with Crippen LogP contribution in [-0.4, -0.2) is 12.4 Å². The number of para-hydroxylation sites is 1. The van der Waals surface area contributed by atoms with Gasteiger partial charge in [0, 0.05) is 0 Å². The van der Waals surface area contributed by atoms with Crippen LogP contribution in [0.1, 0.15) is 15.9 Å². The summed E-state index contributed by atoms with van der Waals surface area (Å²) < 4.78 is 68.1. The minimum Gasteiger partial charge on any atom is -0.434 e. The van der Waals surface area contributed by atoms with E-state index in [-0.39, 0.29) is 5.56 Å². The predicted octanol–water partition coefficient (Wildman–Crippen LogP) is 3.94. The molecule has 0 aliphatic rings. The number of ketones is 1. The molecular weight excluding hydrogens is 295 g/mol. The van der Waals surface area contributed by atoms with Crippen LogP contribution in [0, 0.1) is 17.5 Å². The molecule has 0 atom stereocenters. The molecule has 0 aliphatic carbocycles. The fraction of sp³-hybridized carbons (Fsp3) is 0.0714. The number of alkyl halides is 2. The number of carbonyl (C=O) groups excluding carboxylic acids is 1. The minimum atomic E-state index is -3.19. The average Bonchev–Trinajstić information content (AvgIpc) is 2.44. The zero-order valence-corrected chi connectivity index (χ0v) is 10.2. The number of halogens is 5. The van der Waals surface area contributed by atoms with Crippen molar-refractivity contribution in [2.24, 2.45) is 0 Å². The molecule has 7 heteroatoms. The third-order valence-corrected chi connectivity index (χ3v) is 2.63. The first-order chi connectivity index (χ1) is 9.91. The summed E-state index contributed by atoms with van der Waals surface area (Å²) in [5.41, 5.74) is -1.16. The third-order valence-electron chi connectivity index (χ3n) is 2.63. The van der Waals surface area contributed by atoms with E-state index in [9.17, 15) is 26.7 Å². The van der Waals surface area contributed by atoms with Gasteiger partial charge in [-0.15, -0.1) is 0 Å². The number of hydrogen-bond donors (Lipinski definition) is 0. The van der Waals surface area contributed by atoms with Gasteiger partial charge >= 0.3 is 6.61 Å². The quantitative estimate of drug-likeness (QED) is 0.486. The minimum absolute atomic E-state index is 0.386. The van der Waals surface area contributed by atoms with Crippen molar-refractivity contribution >= 4 is 5.78 Å². The number of ether oxygens (including phenoxy) is 1. The molecule has 2 aromatic rings. The number of rotatable bonds is 4. The molecule has 0 unspecified atom stereocenters. The van der Waals surface area contributed by atoms with Crippen molar-refractivity contribution in [2.75, 3.05) is 0 Å². The van der Waals surface area contributed by atoms with Crippen LogP contribution in [0.15, 0.2) is 36.4 Å². The summed E-state index contributed by atoms with van der Waals surface area (Å²) in [6.45, 7) is -3.19. The number of benzene rings is 2. The highest BCUT2D eigenvalue weighted by atomic mass is 19.3. The second kappa shape index (κ2) is 5.90. The highest BCUT2D eigenvalue weighted by Crippen LogP contribution is 2.25. The molecule has 0 amide bonds. The normalized spacial score (nSPS) is 10.8. The van der Waals surface area contributed by atoms with Gasteiger partial charge in [-0.05, 0) is 24.3 Å². The Kier molecular flexibility index (Phi) is 4.21. The Morgan fingerprint density at radius 3 is 2.24 bits per heavy atom. The molecule has 0 N–H and O–H groups in total. The second-order valence-corrected chi connectivity index (χ2v) is 3.93. The van der Waals surface area contributed by atoms with Crippen molar-refractivity contribution in [3.05, 3.63) is 65.0 Å². The van der Waals surface area contributed by atoms with Crippen LogP contribution >= 0.6 is 0 Å². The van der Waals surface area contributed by atoms with Crippen molar-refractivity contribution < 1.29 is 31.5 Å². The SMILES string of the molecule is O=C(c1ccccc1OC(F)F)c1ccc(F)c(F)c1F. The Hall–Kier alpha value is -2.44. The largest absolute Gasteiger partial charge is 0.434 e. The number of hydrogen-bond acceptors (Lipinski definition) is 2. The van der Waals surface area contributed by atoms with Gasteiger partial charge in [0.05, 0.1) is 11.1 Å². The lowest BCUT2D eigenvalue weighted by molar-refractivity contribution is -0.0501. The Bertz CT molecular complexity index is 685. The first kappa shape index (κ1) is 15.0. The van der Waals surface area contributed by atoms with Gasteiger partial charge < -0.3 is 4.74 Å².